The maximum Gasteiger partial charge on any atom is 0.231 e. The molecule has 3 heteroatoms. The van der Waals surface area contributed by atoms with Gasteiger partial charge in [0.25, 0.3) is 0 Å². The highest BCUT2D eigenvalue weighted by molar-refractivity contribution is 5.75. The summed E-state index contributed by atoms with van der Waals surface area (Å²) in [4.78, 5) is 12.8. The van der Waals surface area contributed by atoms with Crippen LogP contribution in [0.4, 0.5) is 0 Å². The lowest BCUT2D eigenvalue weighted by Gasteiger charge is -2.32. The molecule has 0 aromatic rings. The maximum atomic E-state index is 10.7. The Kier molecular flexibility index (Phi) is 3.72. The number of nitrogens with zero attached hydrogens (tertiary/aromatic N) is 1. The van der Waals surface area contributed by atoms with Crippen LogP contribution in [0.3, 0.4) is 0 Å². The van der Waals surface area contributed by atoms with Crippen molar-refractivity contribution in [1.29, 1.82) is 0 Å². The first-order chi connectivity index (χ1) is 6.09. The second-order valence-electron chi connectivity index (χ2n) is 4.30. The molecule has 3 nitrogen and oxygen atoms in total. The number of hydrogen-bond donors (Lipinski definition) is 1. The summed E-state index contributed by atoms with van der Waals surface area (Å²) < 4.78 is 0. The van der Waals surface area contributed by atoms with Gasteiger partial charge in [0, 0.05) is 6.04 Å². The Hall–Kier alpha value is -0.570. The summed E-state index contributed by atoms with van der Waals surface area (Å²) in [6.07, 6.45) is 5.00. The van der Waals surface area contributed by atoms with Gasteiger partial charge in [-0.05, 0) is 38.6 Å². The predicted octanol–water partition coefficient (Wildman–Crippen LogP) is 0.982. The van der Waals surface area contributed by atoms with Crippen molar-refractivity contribution in [2.24, 2.45) is 11.7 Å². The van der Waals surface area contributed by atoms with Crippen LogP contribution >= 0.6 is 0 Å². The summed E-state index contributed by atoms with van der Waals surface area (Å²) in [5.41, 5.74) is 5.15. The van der Waals surface area contributed by atoms with Gasteiger partial charge < -0.3 is 5.73 Å². The number of rotatable bonds is 3. The Morgan fingerprint density at radius 2 is 1.92 bits per heavy atom. The second kappa shape index (κ2) is 4.61. The molecular weight excluding hydrogens is 164 g/mol. The average Bonchev–Trinajstić information content (AvgIpc) is 2.04. The molecule has 1 aliphatic rings. The smallest absolute Gasteiger partial charge is 0.231 e. The van der Waals surface area contributed by atoms with Gasteiger partial charge in [0.15, 0.2) is 0 Å². The van der Waals surface area contributed by atoms with Gasteiger partial charge in [0.1, 0.15) is 0 Å². The van der Waals surface area contributed by atoms with Crippen molar-refractivity contribution in [2.75, 3.05) is 13.6 Å². The number of hydrogen-bond acceptors (Lipinski definition) is 2. The summed E-state index contributed by atoms with van der Waals surface area (Å²) in [7, 11) is 1.99. The molecule has 2 N–H and O–H groups in total. The topological polar surface area (TPSA) is 46.3 Å². The van der Waals surface area contributed by atoms with E-state index in [2.05, 4.69) is 11.8 Å². The fourth-order valence-electron chi connectivity index (χ4n) is 2.06. The minimum Gasteiger partial charge on any atom is -0.369 e. The first kappa shape index (κ1) is 10.5. The van der Waals surface area contributed by atoms with E-state index in [-0.39, 0.29) is 5.91 Å². The van der Waals surface area contributed by atoms with E-state index in [9.17, 15) is 4.79 Å². The van der Waals surface area contributed by atoms with E-state index in [4.69, 9.17) is 5.73 Å². The highest BCUT2D eigenvalue weighted by atomic mass is 16.1. The summed E-state index contributed by atoms with van der Waals surface area (Å²) in [6, 6.07) is 0.573. The van der Waals surface area contributed by atoms with Crippen LogP contribution in [0.25, 0.3) is 0 Å². The largest absolute Gasteiger partial charge is 0.369 e. The summed E-state index contributed by atoms with van der Waals surface area (Å²) in [5.74, 6) is 0.638. The molecular formula is C10H20N2O. The zero-order valence-electron chi connectivity index (χ0n) is 8.62. The fourth-order valence-corrected chi connectivity index (χ4v) is 2.06. The van der Waals surface area contributed by atoms with Gasteiger partial charge in [-0.3, -0.25) is 9.69 Å². The molecule has 0 unspecified atom stereocenters. The zero-order chi connectivity index (χ0) is 9.84. The van der Waals surface area contributed by atoms with Gasteiger partial charge in [0.2, 0.25) is 5.91 Å². The zero-order valence-corrected chi connectivity index (χ0v) is 8.62. The van der Waals surface area contributed by atoms with Crippen LogP contribution in [0.2, 0.25) is 0 Å². The van der Waals surface area contributed by atoms with Gasteiger partial charge in [-0.25, -0.2) is 0 Å². The van der Waals surface area contributed by atoms with E-state index >= 15 is 0 Å². The number of amides is 1. The van der Waals surface area contributed by atoms with Crippen LogP contribution in [0.5, 0.6) is 0 Å². The van der Waals surface area contributed by atoms with Crippen molar-refractivity contribution in [3.05, 3.63) is 0 Å². The molecule has 1 saturated carbocycles. The Labute approximate surface area is 80.3 Å². The third kappa shape index (κ3) is 3.35. The van der Waals surface area contributed by atoms with Crippen molar-refractivity contribution in [3.8, 4) is 0 Å². The van der Waals surface area contributed by atoms with Gasteiger partial charge in [-0.2, -0.15) is 0 Å². The lowest BCUT2D eigenvalue weighted by atomic mass is 9.87. The molecule has 1 amide bonds. The number of primary amides is 1. The molecule has 0 saturated heterocycles. The first-order valence-electron chi connectivity index (χ1n) is 5.08. The standard InChI is InChI=1S/C10H20N2O/c1-8-3-5-9(6-4-8)12(2)7-10(11)13/h8-9H,3-7H2,1-2H3,(H2,11,13). The molecule has 0 spiro atoms. The van der Waals surface area contributed by atoms with E-state index in [0.717, 1.165) is 5.92 Å². The lowest BCUT2D eigenvalue weighted by molar-refractivity contribution is -0.119. The quantitative estimate of drug-likeness (QED) is 0.710. The summed E-state index contributed by atoms with van der Waals surface area (Å²) in [6.45, 7) is 2.70. The first-order valence-corrected chi connectivity index (χ1v) is 5.08. The summed E-state index contributed by atoms with van der Waals surface area (Å²) >= 11 is 0. The molecule has 1 aliphatic carbocycles. The minimum atomic E-state index is -0.221. The van der Waals surface area contributed by atoms with Gasteiger partial charge in [0.05, 0.1) is 6.54 Å². The molecule has 1 rings (SSSR count). The fraction of sp³-hybridized carbons (Fsp3) is 0.900. The monoisotopic (exact) mass is 184 g/mol. The van der Waals surface area contributed by atoms with Crippen LogP contribution in [0, 0.1) is 5.92 Å². The molecule has 0 aliphatic heterocycles. The van der Waals surface area contributed by atoms with Crippen molar-refractivity contribution in [1.82, 2.24) is 4.90 Å². The molecule has 0 aromatic heterocycles. The van der Waals surface area contributed by atoms with Crippen molar-refractivity contribution < 1.29 is 4.79 Å². The van der Waals surface area contributed by atoms with E-state index in [1.54, 1.807) is 0 Å². The minimum absolute atomic E-state index is 0.221. The van der Waals surface area contributed by atoms with E-state index in [0.29, 0.717) is 12.6 Å². The van der Waals surface area contributed by atoms with Gasteiger partial charge in [-0.1, -0.05) is 6.92 Å². The highest BCUT2D eigenvalue weighted by Gasteiger charge is 2.21. The Morgan fingerprint density at radius 1 is 1.38 bits per heavy atom. The normalized spacial score (nSPS) is 29.2. The number of carbonyl (C=O) groups is 1. The number of nitrogens with two attached hydrogens (primary N) is 1. The predicted molar refractivity (Wildman–Crippen MR) is 53.2 cm³/mol. The molecule has 0 aromatic carbocycles. The van der Waals surface area contributed by atoms with Gasteiger partial charge >= 0.3 is 0 Å². The van der Waals surface area contributed by atoms with Crippen molar-refractivity contribution in [3.63, 3.8) is 0 Å². The third-order valence-electron chi connectivity index (χ3n) is 3.01. The van der Waals surface area contributed by atoms with Crippen LogP contribution in [-0.2, 0) is 4.79 Å². The van der Waals surface area contributed by atoms with Crippen molar-refractivity contribution >= 4 is 5.91 Å². The molecule has 0 atom stereocenters. The van der Waals surface area contributed by atoms with Crippen LogP contribution in [0.1, 0.15) is 32.6 Å². The highest BCUT2D eigenvalue weighted by Crippen LogP contribution is 2.26. The Morgan fingerprint density at radius 3 is 2.38 bits per heavy atom. The molecule has 1 fully saturated rings. The van der Waals surface area contributed by atoms with Gasteiger partial charge in [-0.15, -0.1) is 0 Å². The molecule has 13 heavy (non-hydrogen) atoms. The second-order valence-corrected chi connectivity index (χ2v) is 4.30. The lowest BCUT2D eigenvalue weighted by Crippen LogP contribution is -2.40. The molecule has 0 bridgehead atoms. The van der Waals surface area contributed by atoms with E-state index < -0.39 is 0 Å². The average molecular weight is 184 g/mol. The van der Waals surface area contributed by atoms with Crippen molar-refractivity contribution in [2.45, 2.75) is 38.6 Å². The van der Waals surface area contributed by atoms with Crippen LogP contribution in [-0.4, -0.2) is 30.4 Å². The molecule has 76 valence electrons. The number of likely N-dealkylation sites (N-methyl/N-ethyl adjacent to an activating group) is 1. The maximum absolute atomic E-state index is 10.7. The number of carbonyl (C=O) groups excluding carboxylic acids is 1. The molecule has 0 radical (unpaired) electrons. The summed E-state index contributed by atoms with van der Waals surface area (Å²) in [5, 5.41) is 0. The van der Waals surface area contributed by atoms with Crippen LogP contribution < -0.4 is 5.73 Å². The third-order valence-corrected chi connectivity index (χ3v) is 3.01. The SMILES string of the molecule is CC1CCC(N(C)CC(N)=O)CC1. The Bertz CT molecular complexity index is 174. The van der Waals surface area contributed by atoms with Crippen LogP contribution in [0.15, 0.2) is 0 Å². The molecule has 0 heterocycles. The Balaban J connectivity index is 2.31. The van der Waals surface area contributed by atoms with E-state index in [1.807, 2.05) is 7.05 Å². The van der Waals surface area contributed by atoms with E-state index in [1.165, 1.54) is 25.7 Å².